The highest BCUT2D eigenvalue weighted by molar-refractivity contribution is 7.91. The van der Waals surface area contributed by atoms with Gasteiger partial charge in [0.15, 0.2) is 9.84 Å². The highest BCUT2D eigenvalue weighted by atomic mass is 32.2. The highest BCUT2D eigenvalue weighted by Crippen LogP contribution is 2.19. The van der Waals surface area contributed by atoms with Crippen molar-refractivity contribution in [2.45, 2.75) is 31.7 Å². The number of aliphatic carboxylic acids is 1. The van der Waals surface area contributed by atoms with E-state index in [9.17, 15) is 18.0 Å². The van der Waals surface area contributed by atoms with E-state index in [1.54, 1.807) is 19.9 Å². The fourth-order valence-corrected chi connectivity index (χ4v) is 2.95. The molecule has 0 atom stereocenters. The Morgan fingerprint density at radius 3 is 2.29 bits per heavy atom. The number of hydrogen-bond donors (Lipinski definition) is 1. The van der Waals surface area contributed by atoms with Gasteiger partial charge in [-0.3, -0.25) is 9.59 Å². The van der Waals surface area contributed by atoms with Crippen molar-refractivity contribution in [2.75, 3.05) is 12.3 Å². The van der Waals surface area contributed by atoms with E-state index in [1.807, 2.05) is 0 Å². The van der Waals surface area contributed by atoms with Gasteiger partial charge < -0.3 is 10.0 Å². The lowest BCUT2D eigenvalue weighted by atomic mass is 10.1. The maximum atomic E-state index is 12.5. The molecule has 1 aromatic rings. The van der Waals surface area contributed by atoms with Gasteiger partial charge in [0, 0.05) is 6.04 Å². The summed E-state index contributed by atoms with van der Waals surface area (Å²) in [6, 6.07) is 5.51. The topological polar surface area (TPSA) is 91.8 Å². The lowest BCUT2D eigenvalue weighted by Gasteiger charge is -2.25. The first-order valence-corrected chi connectivity index (χ1v) is 8.20. The van der Waals surface area contributed by atoms with Crippen LogP contribution in [0.15, 0.2) is 29.2 Å². The Labute approximate surface area is 124 Å². The van der Waals surface area contributed by atoms with Crippen LogP contribution >= 0.6 is 0 Å². The fourth-order valence-electron chi connectivity index (χ4n) is 1.86. The van der Waals surface area contributed by atoms with Gasteiger partial charge in [-0.25, -0.2) is 8.42 Å². The maximum absolute atomic E-state index is 12.5. The number of sulfone groups is 1. The Balaban J connectivity index is 3.33. The molecule has 7 heteroatoms. The van der Waals surface area contributed by atoms with E-state index in [1.165, 1.54) is 25.1 Å². The summed E-state index contributed by atoms with van der Waals surface area (Å²) in [5.74, 6) is -1.87. The van der Waals surface area contributed by atoms with Crippen LogP contribution in [0.4, 0.5) is 0 Å². The number of carbonyl (C=O) groups excluding carboxylic acids is 1. The first-order valence-electron chi connectivity index (χ1n) is 6.55. The molecule has 0 saturated carbocycles. The van der Waals surface area contributed by atoms with Crippen molar-refractivity contribution in [1.29, 1.82) is 0 Å². The quantitative estimate of drug-likeness (QED) is 0.857. The molecular formula is C14H19NO5S. The summed E-state index contributed by atoms with van der Waals surface area (Å²) in [6.07, 6.45) is 0. The molecule has 0 radical (unpaired) electrons. The second kappa shape index (κ2) is 6.71. The number of hydrogen-bond acceptors (Lipinski definition) is 4. The Bertz CT molecular complexity index is 637. The third-order valence-corrected chi connectivity index (χ3v) is 4.81. The monoisotopic (exact) mass is 313 g/mol. The smallest absolute Gasteiger partial charge is 0.323 e. The van der Waals surface area contributed by atoms with Crippen molar-refractivity contribution in [3.63, 3.8) is 0 Å². The molecule has 21 heavy (non-hydrogen) atoms. The molecule has 1 rings (SSSR count). The molecule has 0 bridgehead atoms. The maximum Gasteiger partial charge on any atom is 0.323 e. The number of carboxylic acid groups (broad SMARTS) is 1. The lowest BCUT2D eigenvalue weighted by molar-refractivity contribution is -0.138. The predicted molar refractivity (Wildman–Crippen MR) is 78.0 cm³/mol. The van der Waals surface area contributed by atoms with Gasteiger partial charge in [-0.1, -0.05) is 19.1 Å². The van der Waals surface area contributed by atoms with Crippen LogP contribution in [0.1, 0.15) is 31.1 Å². The molecule has 0 saturated heterocycles. The van der Waals surface area contributed by atoms with Crippen LogP contribution in [0.25, 0.3) is 0 Å². The molecule has 1 aromatic carbocycles. The third-order valence-electron chi connectivity index (χ3n) is 3.02. The van der Waals surface area contributed by atoms with Crippen LogP contribution in [-0.2, 0) is 14.6 Å². The van der Waals surface area contributed by atoms with E-state index in [0.717, 1.165) is 4.90 Å². The van der Waals surface area contributed by atoms with E-state index in [2.05, 4.69) is 0 Å². The molecule has 1 N–H and O–H groups in total. The van der Waals surface area contributed by atoms with Gasteiger partial charge in [-0.05, 0) is 26.0 Å². The number of rotatable bonds is 6. The van der Waals surface area contributed by atoms with Crippen molar-refractivity contribution < 1.29 is 23.1 Å². The van der Waals surface area contributed by atoms with Crippen molar-refractivity contribution >= 4 is 21.7 Å². The van der Waals surface area contributed by atoms with Crippen LogP contribution < -0.4 is 0 Å². The average molecular weight is 313 g/mol. The van der Waals surface area contributed by atoms with E-state index in [4.69, 9.17) is 5.11 Å². The van der Waals surface area contributed by atoms with Gasteiger partial charge in [0.25, 0.3) is 5.91 Å². The minimum atomic E-state index is -3.56. The lowest BCUT2D eigenvalue weighted by Crippen LogP contribution is -2.41. The first kappa shape index (κ1) is 17.2. The van der Waals surface area contributed by atoms with Gasteiger partial charge in [-0.2, -0.15) is 0 Å². The number of nitrogens with zero attached hydrogens (tertiary/aromatic N) is 1. The van der Waals surface area contributed by atoms with Gasteiger partial charge in [0.1, 0.15) is 6.54 Å². The van der Waals surface area contributed by atoms with Crippen LogP contribution in [-0.4, -0.2) is 48.6 Å². The molecule has 0 aromatic heterocycles. The summed E-state index contributed by atoms with van der Waals surface area (Å²) in [7, 11) is -3.56. The number of benzene rings is 1. The number of carboxylic acids is 1. The molecule has 0 unspecified atom stereocenters. The third kappa shape index (κ3) is 4.04. The predicted octanol–water partition coefficient (Wildman–Crippen LogP) is 1.42. The van der Waals surface area contributed by atoms with Crippen molar-refractivity contribution in [1.82, 2.24) is 4.90 Å². The minimum absolute atomic E-state index is 0.00861. The zero-order valence-electron chi connectivity index (χ0n) is 12.2. The Hall–Kier alpha value is -1.89. The van der Waals surface area contributed by atoms with Crippen molar-refractivity contribution in [3.8, 4) is 0 Å². The van der Waals surface area contributed by atoms with Gasteiger partial charge in [0.05, 0.1) is 16.2 Å². The molecule has 116 valence electrons. The Kier molecular flexibility index (Phi) is 5.48. The molecule has 0 aliphatic rings. The van der Waals surface area contributed by atoms with Crippen LogP contribution in [0, 0.1) is 0 Å². The van der Waals surface area contributed by atoms with Crippen molar-refractivity contribution in [3.05, 3.63) is 29.8 Å². The van der Waals surface area contributed by atoms with Gasteiger partial charge in [-0.15, -0.1) is 0 Å². The molecule has 0 aliphatic heterocycles. The van der Waals surface area contributed by atoms with Gasteiger partial charge >= 0.3 is 5.97 Å². The zero-order valence-corrected chi connectivity index (χ0v) is 13.1. The minimum Gasteiger partial charge on any atom is -0.480 e. The fraction of sp³-hybridized carbons (Fsp3) is 0.429. The number of amides is 1. The van der Waals surface area contributed by atoms with E-state index in [0.29, 0.717) is 0 Å². The second-order valence-electron chi connectivity index (χ2n) is 4.82. The molecule has 0 aliphatic carbocycles. The highest BCUT2D eigenvalue weighted by Gasteiger charge is 2.26. The van der Waals surface area contributed by atoms with Gasteiger partial charge in [0.2, 0.25) is 0 Å². The summed E-state index contributed by atoms with van der Waals surface area (Å²) in [4.78, 5) is 24.4. The molecule has 0 fully saturated rings. The average Bonchev–Trinajstić information content (AvgIpc) is 2.43. The molecule has 6 nitrogen and oxygen atoms in total. The normalized spacial score (nSPS) is 11.4. The molecular weight excluding hydrogens is 294 g/mol. The Morgan fingerprint density at radius 1 is 1.24 bits per heavy atom. The SMILES string of the molecule is CCS(=O)(=O)c1ccccc1C(=O)N(CC(=O)O)C(C)C. The molecule has 1 amide bonds. The first-order chi connectivity index (χ1) is 9.70. The molecule has 0 spiro atoms. The van der Waals surface area contributed by atoms with E-state index < -0.39 is 28.3 Å². The molecule has 0 heterocycles. The van der Waals surface area contributed by atoms with Crippen molar-refractivity contribution in [2.24, 2.45) is 0 Å². The zero-order chi connectivity index (χ0) is 16.2. The Morgan fingerprint density at radius 2 is 1.81 bits per heavy atom. The van der Waals surface area contributed by atoms with Crippen LogP contribution in [0.2, 0.25) is 0 Å². The van der Waals surface area contributed by atoms with Crippen LogP contribution in [0.3, 0.4) is 0 Å². The summed E-state index contributed by atoms with van der Waals surface area (Å²) < 4.78 is 24.1. The second-order valence-corrected chi connectivity index (χ2v) is 7.07. The summed E-state index contributed by atoms with van der Waals surface area (Å²) in [5, 5.41) is 8.89. The summed E-state index contributed by atoms with van der Waals surface area (Å²) >= 11 is 0. The number of carbonyl (C=O) groups is 2. The van der Waals surface area contributed by atoms with Crippen LogP contribution in [0.5, 0.6) is 0 Å². The standard InChI is InChI=1S/C14H19NO5S/c1-4-21(19,20)12-8-6-5-7-11(12)14(18)15(10(2)3)9-13(16)17/h5-8,10H,4,9H2,1-3H3,(H,16,17). The summed E-state index contributed by atoms with van der Waals surface area (Å²) in [5.41, 5.74) is 0.00861. The largest absolute Gasteiger partial charge is 0.480 e. The van der Waals surface area contributed by atoms with E-state index in [-0.39, 0.29) is 22.3 Å². The summed E-state index contributed by atoms with van der Waals surface area (Å²) in [6.45, 7) is 4.38. The van der Waals surface area contributed by atoms with E-state index >= 15 is 0 Å².